The summed E-state index contributed by atoms with van der Waals surface area (Å²) in [4.78, 5) is 37.8. The molecule has 0 unspecified atom stereocenters. The molecule has 1 aromatic heterocycles. The van der Waals surface area contributed by atoms with E-state index in [-0.39, 0.29) is 17.5 Å². The molecule has 0 atom stereocenters. The number of amides is 2. The van der Waals surface area contributed by atoms with Gasteiger partial charge in [0.25, 0.3) is 5.91 Å². The maximum Gasteiger partial charge on any atom is 0.259 e. The van der Waals surface area contributed by atoms with Crippen LogP contribution in [0.1, 0.15) is 17.3 Å². The number of aromatic amines is 1. The zero-order valence-electron chi connectivity index (χ0n) is 8.90. The van der Waals surface area contributed by atoms with Crippen molar-refractivity contribution in [2.24, 2.45) is 5.73 Å². The molecule has 0 fully saturated rings. The van der Waals surface area contributed by atoms with Crippen LogP contribution in [0.3, 0.4) is 0 Å². The van der Waals surface area contributed by atoms with Crippen molar-refractivity contribution in [1.82, 2.24) is 9.88 Å². The fraction of sp³-hybridized carbons (Fsp3) is 0.300. The Hall–Kier alpha value is -2.11. The maximum absolute atomic E-state index is 11.8. The number of pyridine rings is 1. The molecule has 86 valence electrons. The Bertz CT molecular complexity index is 453. The molecule has 1 aromatic rings. The molecule has 0 spiro atoms. The molecule has 0 aliphatic rings. The van der Waals surface area contributed by atoms with Gasteiger partial charge >= 0.3 is 0 Å². The average molecular weight is 223 g/mol. The number of primary amides is 1. The van der Waals surface area contributed by atoms with Gasteiger partial charge in [0.15, 0.2) is 5.43 Å². The predicted molar refractivity (Wildman–Crippen MR) is 57.8 cm³/mol. The summed E-state index contributed by atoms with van der Waals surface area (Å²) in [5, 5.41) is 0. The Morgan fingerprint density at radius 2 is 2.19 bits per heavy atom. The monoisotopic (exact) mass is 223 g/mol. The first-order valence-corrected chi connectivity index (χ1v) is 4.81. The first-order valence-electron chi connectivity index (χ1n) is 4.81. The van der Waals surface area contributed by atoms with E-state index in [1.54, 1.807) is 6.92 Å². The highest BCUT2D eigenvalue weighted by atomic mass is 16.2. The molecule has 0 aromatic carbocycles. The lowest BCUT2D eigenvalue weighted by Crippen LogP contribution is -2.40. The molecule has 6 heteroatoms. The van der Waals surface area contributed by atoms with Gasteiger partial charge in [-0.25, -0.2) is 0 Å². The number of nitrogens with zero attached hydrogens (tertiary/aromatic N) is 1. The predicted octanol–water partition coefficient (Wildman–Crippen LogP) is -0.678. The lowest BCUT2D eigenvalue weighted by Gasteiger charge is -2.18. The van der Waals surface area contributed by atoms with E-state index in [1.807, 2.05) is 0 Å². The Morgan fingerprint density at radius 1 is 1.50 bits per heavy atom. The summed E-state index contributed by atoms with van der Waals surface area (Å²) < 4.78 is 0. The van der Waals surface area contributed by atoms with E-state index in [9.17, 15) is 14.4 Å². The summed E-state index contributed by atoms with van der Waals surface area (Å²) >= 11 is 0. The largest absolute Gasteiger partial charge is 0.368 e. The van der Waals surface area contributed by atoms with Crippen molar-refractivity contribution in [2.75, 3.05) is 13.1 Å². The van der Waals surface area contributed by atoms with Crippen LogP contribution < -0.4 is 11.2 Å². The van der Waals surface area contributed by atoms with Gasteiger partial charge in [-0.3, -0.25) is 14.4 Å². The van der Waals surface area contributed by atoms with E-state index < -0.39 is 11.8 Å². The second-order valence-electron chi connectivity index (χ2n) is 3.21. The van der Waals surface area contributed by atoms with Crippen molar-refractivity contribution in [3.8, 4) is 0 Å². The molecule has 1 heterocycles. The van der Waals surface area contributed by atoms with Crippen LogP contribution >= 0.6 is 0 Å². The van der Waals surface area contributed by atoms with Crippen molar-refractivity contribution in [3.05, 3.63) is 34.2 Å². The third-order valence-corrected chi connectivity index (χ3v) is 2.07. The average Bonchev–Trinajstić information content (AvgIpc) is 2.25. The number of H-pyrrole nitrogens is 1. The minimum atomic E-state index is -0.609. The normalized spacial score (nSPS) is 9.81. The fourth-order valence-corrected chi connectivity index (χ4v) is 1.27. The molecule has 0 aliphatic carbocycles. The third kappa shape index (κ3) is 2.69. The van der Waals surface area contributed by atoms with Gasteiger partial charge in [0.1, 0.15) is 5.56 Å². The van der Waals surface area contributed by atoms with Gasteiger partial charge in [-0.1, -0.05) is 0 Å². The summed E-state index contributed by atoms with van der Waals surface area (Å²) in [5.74, 6) is -1.11. The Labute approximate surface area is 92.1 Å². The molecular formula is C10H13N3O3. The van der Waals surface area contributed by atoms with E-state index in [0.717, 1.165) is 0 Å². The highest BCUT2D eigenvalue weighted by molar-refractivity contribution is 5.95. The zero-order chi connectivity index (χ0) is 12.1. The smallest absolute Gasteiger partial charge is 0.259 e. The summed E-state index contributed by atoms with van der Waals surface area (Å²) in [6.45, 7) is 1.83. The molecular weight excluding hydrogens is 210 g/mol. The van der Waals surface area contributed by atoms with Crippen molar-refractivity contribution >= 4 is 11.8 Å². The van der Waals surface area contributed by atoms with Gasteiger partial charge in [0.2, 0.25) is 5.91 Å². The number of carbonyl (C=O) groups excluding carboxylic acids is 2. The second-order valence-corrected chi connectivity index (χ2v) is 3.21. The lowest BCUT2D eigenvalue weighted by molar-refractivity contribution is -0.118. The molecule has 0 saturated heterocycles. The number of carbonyl (C=O) groups is 2. The van der Waals surface area contributed by atoms with Crippen molar-refractivity contribution in [3.63, 3.8) is 0 Å². The standard InChI is InChI=1S/C10H13N3O3/c1-2-13(6-9(11)15)10(16)7-5-12-4-3-8(7)14/h3-5H,2,6H2,1H3,(H2,11,15)(H,12,14). The number of nitrogens with two attached hydrogens (primary N) is 1. The molecule has 0 bridgehead atoms. The van der Waals surface area contributed by atoms with Crippen molar-refractivity contribution in [2.45, 2.75) is 6.92 Å². The summed E-state index contributed by atoms with van der Waals surface area (Å²) in [7, 11) is 0. The molecule has 16 heavy (non-hydrogen) atoms. The van der Waals surface area contributed by atoms with Gasteiger partial charge < -0.3 is 15.6 Å². The molecule has 0 saturated carbocycles. The first-order chi connectivity index (χ1) is 7.56. The van der Waals surface area contributed by atoms with Gasteiger partial charge in [-0.15, -0.1) is 0 Å². The Kier molecular flexibility index (Phi) is 3.82. The summed E-state index contributed by atoms with van der Waals surface area (Å²) in [6.07, 6.45) is 2.75. The van der Waals surface area contributed by atoms with E-state index in [4.69, 9.17) is 5.73 Å². The number of nitrogens with one attached hydrogen (secondary N) is 1. The van der Waals surface area contributed by atoms with Crippen LogP contribution in [0.25, 0.3) is 0 Å². The van der Waals surface area contributed by atoms with Crippen molar-refractivity contribution < 1.29 is 9.59 Å². The van der Waals surface area contributed by atoms with Crippen LogP contribution in [0.5, 0.6) is 0 Å². The van der Waals surface area contributed by atoms with Gasteiger partial charge in [-0.05, 0) is 6.92 Å². The van der Waals surface area contributed by atoms with E-state index in [0.29, 0.717) is 6.54 Å². The maximum atomic E-state index is 11.8. The number of aromatic nitrogens is 1. The fourth-order valence-electron chi connectivity index (χ4n) is 1.27. The SMILES string of the molecule is CCN(CC(N)=O)C(=O)c1c[nH]ccc1=O. The first kappa shape index (κ1) is 12.0. The van der Waals surface area contributed by atoms with Gasteiger partial charge in [0.05, 0.1) is 6.54 Å². The highest BCUT2D eigenvalue weighted by Crippen LogP contribution is 1.98. The minimum absolute atomic E-state index is 0.00519. The van der Waals surface area contributed by atoms with E-state index >= 15 is 0 Å². The number of hydrogen-bond acceptors (Lipinski definition) is 3. The van der Waals surface area contributed by atoms with Crippen LogP contribution in [0, 0.1) is 0 Å². The quantitative estimate of drug-likeness (QED) is 0.708. The van der Waals surface area contributed by atoms with Crippen LogP contribution in [-0.2, 0) is 4.79 Å². The van der Waals surface area contributed by atoms with E-state index in [1.165, 1.54) is 23.4 Å². The summed E-state index contributed by atoms with van der Waals surface area (Å²) in [5.41, 5.74) is 4.63. The Morgan fingerprint density at radius 3 is 2.69 bits per heavy atom. The van der Waals surface area contributed by atoms with Crippen molar-refractivity contribution in [1.29, 1.82) is 0 Å². The number of rotatable bonds is 4. The third-order valence-electron chi connectivity index (χ3n) is 2.07. The molecule has 3 N–H and O–H groups in total. The van der Waals surface area contributed by atoms with E-state index in [2.05, 4.69) is 4.98 Å². The molecule has 0 aliphatic heterocycles. The van der Waals surface area contributed by atoms with Crippen LogP contribution in [0.4, 0.5) is 0 Å². The highest BCUT2D eigenvalue weighted by Gasteiger charge is 2.18. The summed E-state index contributed by atoms with van der Waals surface area (Å²) in [6, 6.07) is 1.26. The molecule has 2 amide bonds. The molecule has 0 radical (unpaired) electrons. The van der Waals surface area contributed by atoms with Gasteiger partial charge in [-0.2, -0.15) is 0 Å². The van der Waals surface area contributed by atoms with Crippen LogP contribution in [0.15, 0.2) is 23.3 Å². The Balaban J connectivity index is 2.96. The molecule has 1 rings (SSSR count). The van der Waals surface area contributed by atoms with Gasteiger partial charge in [0, 0.05) is 25.0 Å². The van der Waals surface area contributed by atoms with Crippen LogP contribution in [0.2, 0.25) is 0 Å². The number of likely N-dealkylation sites (N-methyl/N-ethyl adjacent to an activating group) is 1. The topological polar surface area (TPSA) is 96.3 Å². The zero-order valence-corrected chi connectivity index (χ0v) is 8.90. The van der Waals surface area contributed by atoms with Crippen LogP contribution in [-0.4, -0.2) is 34.8 Å². The minimum Gasteiger partial charge on any atom is -0.368 e. The molecule has 6 nitrogen and oxygen atoms in total. The lowest BCUT2D eigenvalue weighted by atomic mass is 10.2. The second kappa shape index (κ2) is 5.11. The number of hydrogen-bond donors (Lipinski definition) is 2.